The van der Waals surface area contributed by atoms with Crippen molar-refractivity contribution < 1.29 is 4.79 Å². The fraction of sp³-hybridized carbons (Fsp3) is 0.333. The first-order valence-electron chi connectivity index (χ1n) is 7.99. The average Bonchev–Trinajstić information content (AvgIpc) is 2.98. The molecule has 1 aliphatic rings. The molecule has 134 valence electrons. The standard InChI is InChI=1S/C18H20BrN3O2.ClH/c19-14-6-7-17(23)21(10-14)9-8-18(24)22-11-15(16(20)12-22)13-4-2-1-3-5-13;/h1-7,10,15-16H,8-9,11-12,20H2;1H/t15-,16+;/m0./s1. The van der Waals surface area contributed by atoms with Crippen molar-refractivity contribution in [3.63, 3.8) is 0 Å². The third kappa shape index (κ3) is 4.71. The van der Waals surface area contributed by atoms with Gasteiger partial charge in [0.15, 0.2) is 0 Å². The summed E-state index contributed by atoms with van der Waals surface area (Å²) in [6, 6.07) is 13.2. The number of aromatic nitrogens is 1. The van der Waals surface area contributed by atoms with E-state index in [1.807, 2.05) is 23.1 Å². The number of rotatable bonds is 4. The first-order chi connectivity index (χ1) is 11.5. The number of benzene rings is 1. The number of carbonyl (C=O) groups is 1. The molecule has 1 aliphatic heterocycles. The number of carbonyl (C=O) groups excluding carboxylic acids is 1. The number of nitrogens with zero attached hydrogens (tertiary/aromatic N) is 2. The van der Waals surface area contributed by atoms with Gasteiger partial charge >= 0.3 is 0 Å². The summed E-state index contributed by atoms with van der Waals surface area (Å²) in [5.41, 5.74) is 7.30. The minimum Gasteiger partial charge on any atom is -0.340 e. The molecule has 0 unspecified atom stereocenters. The lowest BCUT2D eigenvalue weighted by molar-refractivity contribution is -0.130. The van der Waals surface area contributed by atoms with Crippen LogP contribution < -0.4 is 11.3 Å². The van der Waals surface area contributed by atoms with Crippen molar-refractivity contribution in [1.29, 1.82) is 0 Å². The SMILES string of the molecule is Cl.N[C@@H]1CN(C(=O)CCn2cc(Br)ccc2=O)C[C@H]1c1ccccc1. The lowest BCUT2D eigenvalue weighted by Gasteiger charge is -2.17. The first-order valence-corrected chi connectivity index (χ1v) is 8.78. The molecule has 0 spiro atoms. The van der Waals surface area contributed by atoms with Crippen molar-refractivity contribution in [3.05, 3.63) is 69.1 Å². The Hall–Kier alpha value is -1.63. The Morgan fingerprint density at radius 2 is 1.88 bits per heavy atom. The molecule has 2 atom stereocenters. The van der Waals surface area contributed by atoms with Gasteiger partial charge in [-0.25, -0.2) is 0 Å². The van der Waals surface area contributed by atoms with E-state index in [9.17, 15) is 9.59 Å². The van der Waals surface area contributed by atoms with Crippen LogP contribution >= 0.6 is 28.3 Å². The molecule has 1 aromatic heterocycles. The number of aryl methyl sites for hydroxylation is 1. The highest BCUT2D eigenvalue weighted by Crippen LogP contribution is 2.26. The highest BCUT2D eigenvalue weighted by atomic mass is 79.9. The quantitative estimate of drug-likeness (QED) is 0.816. The summed E-state index contributed by atoms with van der Waals surface area (Å²) in [7, 11) is 0. The summed E-state index contributed by atoms with van der Waals surface area (Å²) in [5.74, 6) is 0.208. The topological polar surface area (TPSA) is 68.3 Å². The summed E-state index contributed by atoms with van der Waals surface area (Å²) in [5, 5.41) is 0. The second-order valence-corrected chi connectivity index (χ2v) is 7.02. The Balaban J connectivity index is 0.00000225. The highest BCUT2D eigenvalue weighted by molar-refractivity contribution is 9.10. The van der Waals surface area contributed by atoms with E-state index >= 15 is 0 Å². The number of pyridine rings is 1. The zero-order valence-corrected chi connectivity index (χ0v) is 16.1. The van der Waals surface area contributed by atoms with E-state index in [1.54, 1.807) is 16.8 Å². The van der Waals surface area contributed by atoms with Crippen molar-refractivity contribution in [2.24, 2.45) is 5.73 Å². The van der Waals surface area contributed by atoms with E-state index in [4.69, 9.17) is 5.73 Å². The maximum absolute atomic E-state index is 12.5. The second kappa shape index (κ2) is 8.65. The Bertz CT molecular complexity index is 781. The van der Waals surface area contributed by atoms with Crippen molar-refractivity contribution in [3.8, 4) is 0 Å². The Kier molecular flexibility index (Phi) is 6.81. The minimum absolute atomic E-state index is 0. The molecule has 2 N–H and O–H groups in total. The van der Waals surface area contributed by atoms with E-state index in [1.165, 1.54) is 11.6 Å². The van der Waals surface area contributed by atoms with Crippen molar-refractivity contribution in [2.45, 2.75) is 24.9 Å². The largest absolute Gasteiger partial charge is 0.340 e. The van der Waals surface area contributed by atoms with Gasteiger partial charge in [-0.05, 0) is 27.6 Å². The van der Waals surface area contributed by atoms with Gasteiger partial charge in [0.2, 0.25) is 5.91 Å². The van der Waals surface area contributed by atoms with Gasteiger partial charge < -0.3 is 15.2 Å². The molecule has 0 aliphatic carbocycles. The number of hydrogen-bond acceptors (Lipinski definition) is 3. The summed E-state index contributed by atoms with van der Waals surface area (Å²) >= 11 is 3.34. The predicted octanol–water partition coefficient (Wildman–Crippen LogP) is 2.38. The van der Waals surface area contributed by atoms with Gasteiger partial charge in [0.05, 0.1) is 0 Å². The van der Waals surface area contributed by atoms with Gasteiger partial charge in [-0.15, -0.1) is 12.4 Å². The van der Waals surface area contributed by atoms with Crippen LogP contribution in [0.2, 0.25) is 0 Å². The van der Waals surface area contributed by atoms with Crippen molar-refractivity contribution >= 4 is 34.2 Å². The smallest absolute Gasteiger partial charge is 0.250 e. The molecule has 2 aromatic rings. The summed E-state index contributed by atoms with van der Waals surface area (Å²) in [4.78, 5) is 26.1. The normalized spacial score (nSPS) is 19.5. The van der Waals surface area contributed by atoms with E-state index in [2.05, 4.69) is 28.1 Å². The maximum Gasteiger partial charge on any atom is 0.250 e. The number of amides is 1. The monoisotopic (exact) mass is 425 g/mol. The average molecular weight is 427 g/mol. The van der Waals surface area contributed by atoms with E-state index < -0.39 is 0 Å². The van der Waals surface area contributed by atoms with Crippen LogP contribution in [0.5, 0.6) is 0 Å². The van der Waals surface area contributed by atoms with Gasteiger partial charge in [0.1, 0.15) is 0 Å². The van der Waals surface area contributed by atoms with Gasteiger partial charge in [-0.3, -0.25) is 9.59 Å². The van der Waals surface area contributed by atoms with Crippen LogP contribution in [-0.4, -0.2) is 34.5 Å². The molecule has 1 saturated heterocycles. The predicted molar refractivity (Wildman–Crippen MR) is 104 cm³/mol. The first kappa shape index (κ1) is 19.7. The Morgan fingerprint density at radius 1 is 1.16 bits per heavy atom. The van der Waals surface area contributed by atoms with Crippen molar-refractivity contribution in [2.75, 3.05) is 13.1 Å². The maximum atomic E-state index is 12.5. The zero-order valence-electron chi connectivity index (χ0n) is 13.7. The van der Waals surface area contributed by atoms with Crippen LogP contribution in [0, 0.1) is 0 Å². The molecule has 0 bridgehead atoms. The Morgan fingerprint density at radius 3 is 2.60 bits per heavy atom. The van der Waals surface area contributed by atoms with Gasteiger partial charge in [0, 0.05) is 54.8 Å². The van der Waals surface area contributed by atoms with E-state index in [0.29, 0.717) is 26.1 Å². The lowest BCUT2D eigenvalue weighted by atomic mass is 9.95. The van der Waals surface area contributed by atoms with Crippen LogP contribution in [0.1, 0.15) is 17.9 Å². The number of likely N-dealkylation sites (tertiary alicyclic amines) is 1. The van der Waals surface area contributed by atoms with Crippen LogP contribution in [0.15, 0.2) is 57.9 Å². The number of hydrogen-bond donors (Lipinski definition) is 1. The van der Waals surface area contributed by atoms with E-state index in [0.717, 1.165) is 4.47 Å². The zero-order chi connectivity index (χ0) is 17.1. The van der Waals surface area contributed by atoms with Gasteiger partial charge in [0.25, 0.3) is 5.56 Å². The molecule has 3 rings (SSSR count). The third-order valence-corrected chi connectivity index (χ3v) is 4.93. The van der Waals surface area contributed by atoms with Gasteiger partial charge in [-0.2, -0.15) is 0 Å². The van der Waals surface area contributed by atoms with Gasteiger partial charge in [-0.1, -0.05) is 30.3 Å². The fourth-order valence-electron chi connectivity index (χ4n) is 3.14. The summed E-state index contributed by atoms with van der Waals surface area (Å²) < 4.78 is 2.37. The second-order valence-electron chi connectivity index (χ2n) is 6.11. The molecule has 2 heterocycles. The molecule has 0 saturated carbocycles. The van der Waals surface area contributed by atoms with Crippen molar-refractivity contribution in [1.82, 2.24) is 9.47 Å². The molecule has 0 radical (unpaired) electrons. The molecule has 1 fully saturated rings. The highest BCUT2D eigenvalue weighted by Gasteiger charge is 2.33. The summed E-state index contributed by atoms with van der Waals surface area (Å²) in [6.45, 7) is 1.57. The molecule has 25 heavy (non-hydrogen) atoms. The molecular weight excluding hydrogens is 406 g/mol. The Labute approximate surface area is 161 Å². The van der Waals surface area contributed by atoms with Crippen LogP contribution in [0.3, 0.4) is 0 Å². The van der Waals surface area contributed by atoms with E-state index in [-0.39, 0.29) is 35.8 Å². The molecule has 5 nitrogen and oxygen atoms in total. The van der Waals surface area contributed by atoms with Crippen LogP contribution in [-0.2, 0) is 11.3 Å². The van der Waals surface area contributed by atoms with Crippen LogP contribution in [0.25, 0.3) is 0 Å². The lowest BCUT2D eigenvalue weighted by Crippen LogP contribution is -2.33. The molecule has 1 aromatic carbocycles. The summed E-state index contributed by atoms with van der Waals surface area (Å²) in [6.07, 6.45) is 2.00. The molecule has 7 heteroatoms. The molecular formula is C18H21BrClN3O2. The number of nitrogens with two attached hydrogens (primary N) is 1. The molecule has 1 amide bonds. The minimum atomic E-state index is -0.105. The third-order valence-electron chi connectivity index (χ3n) is 4.46. The van der Waals surface area contributed by atoms with Crippen LogP contribution in [0.4, 0.5) is 0 Å². The fourth-order valence-corrected chi connectivity index (χ4v) is 3.52. The number of halogens is 2.